The first-order chi connectivity index (χ1) is 15.7. The molecule has 0 bridgehead atoms. The van der Waals surface area contributed by atoms with Gasteiger partial charge in [0.05, 0.1) is 5.39 Å². The molecular formula is C25H30N2O5. The predicted molar refractivity (Wildman–Crippen MR) is 124 cm³/mol. The number of rotatable bonds is 8. The van der Waals surface area contributed by atoms with Crippen LogP contribution in [-0.4, -0.2) is 67.4 Å². The Balaban J connectivity index is 1.34. The molecule has 3 heterocycles. The van der Waals surface area contributed by atoms with Crippen LogP contribution < -0.4 is 14.9 Å². The topological polar surface area (TPSA) is 75.4 Å². The zero-order valence-corrected chi connectivity index (χ0v) is 18.3. The van der Waals surface area contributed by atoms with Crippen LogP contribution in [-0.2, 0) is 0 Å². The molecule has 3 aromatic rings. The molecule has 32 heavy (non-hydrogen) atoms. The van der Waals surface area contributed by atoms with Crippen LogP contribution >= 0.6 is 0 Å². The number of nitrogens with zero attached hydrogens (tertiary/aromatic N) is 2. The molecule has 1 N–H and O–H groups in total. The van der Waals surface area contributed by atoms with Crippen molar-refractivity contribution in [2.75, 3.05) is 52.5 Å². The standard InChI is InChI=1S/C25H30N2O5/c28-21-15-19(31-14-12-27-9-3-4-10-27)17-23-24(21)25(29)20-6-5-18(16-22(20)32-23)30-13-11-26-7-1-2-8-26/h5-6,15-17,28H,1-4,7-14H2. The lowest BCUT2D eigenvalue weighted by atomic mass is 10.1. The van der Waals surface area contributed by atoms with E-state index in [1.54, 1.807) is 24.3 Å². The number of benzene rings is 2. The second-order valence-corrected chi connectivity index (χ2v) is 8.70. The molecule has 0 saturated carbocycles. The van der Waals surface area contributed by atoms with E-state index in [1.165, 1.54) is 31.7 Å². The molecule has 1 aromatic heterocycles. The first-order valence-electron chi connectivity index (χ1n) is 11.6. The maximum atomic E-state index is 13.0. The summed E-state index contributed by atoms with van der Waals surface area (Å²) in [5.74, 6) is 1.04. The van der Waals surface area contributed by atoms with Crippen molar-refractivity contribution in [3.05, 3.63) is 40.6 Å². The maximum absolute atomic E-state index is 13.0. The van der Waals surface area contributed by atoms with E-state index in [-0.39, 0.29) is 16.6 Å². The highest BCUT2D eigenvalue weighted by atomic mass is 16.5. The lowest BCUT2D eigenvalue weighted by molar-refractivity contribution is 0.237. The maximum Gasteiger partial charge on any atom is 0.204 e. The van der Waals surface area contributed by atoms with Gasteiger partial charge in [0.15, 0.2) is 0 Å². The van der Waals surface area contributed by atoms with Gasteiger partial charge in [-0.15, -0.1) is 0 Å². The number of hydrogen-bond acceptors (Lipinski definition) is 7. The van der Waals surface area contributed by atoms with Gasteiger partial charge in [-0.1, -0.05) is 0 Å². The summed E-state index contributed by atoms with van der Waals surface area (Å²) in [7, 11) is 0. The zero-order valence-electron chi connectivity index (χ0n) is 18.3. The third-order valence-electron chi connectivity index (χ3n) is 6.45. The van der Waals surface area contributed by atoms with Crippen molar-refractivity contribution in [1.29, 1.82) is 0 Å². The molecule has 0 amide bonds. The highest BCUT2D eigenvalue weighted by Crippen LogP contribution is 2.31. The minimum absolute atomic E-state index is 0.125. The van der Waals surface area contributed by atoms with E-state index in [0.29, 0.717) is 41.3 Å². The summed E-state index contributed by atoms with van der Waals surface area (Å²) in [4.78, 5) is 17.7. The Morgan fingerprint density at radius 2 is 1.41 bits per heavy atom. The molecule has 0 unspecified atom stereocenters. The first-order valence-corrected chi connectivity index (χ1v) is 11.6. The molecule has 2 fully saturated rings. The second-order valence-electron chi connectivity index (χ2n) is 8.70. The van der Waals surface area contributed by atoms with E-state index in [2.05, 4.69) is 9.80 Å². The third-order valence-corrected chi connectivity index (χ3v) is 6.45. The molecule has 2 saturated heterocycles. The van der Waals surface area contributed by atoms with E-state index in [0.717, 1.165) is 39.3 Å². The summed E-state index contributed by atoms with van der Waals surface area (Å²) in [5.41, 5.74) is 0.494. The quantitative estimate of drug-likeness (QED) is 0.539. The van der Waals surface area contributed by atoms with E-state index >= 15 is 0 Å². The number of phenols is 1. The van der Waals surface area contributed by atoms with Crippen LogP contribution in [0.5, 0.6) is 17.2 Å². The van der Waals surface area contributed by atoms with Crippen LogP contribution in [0.2, 0.25) is 0 Å². The van der Waals surface area contributed by atoms with Gasteiger partial charge in [0.2, 0.25) is 5.43 Å². The van der Waals surface area contributed by atoms with Crippen LogP contribution in [0.15, 0.2) is 39.5 Å². The smallest absolute Gasteiger partial charge is 0.204 e. The Morgan fingerprint density at radius 1 is 0.812 bits per heavy atom. The lowest BCUT2D eigenvalue weighted by Crippen LogP contribution is -2.25. The van der Waals surface area contributed by atoms with Crippen molar-refractivity contribution >= 4 is 21.9 Å². The largest absolute Gasteiger partial charge is 0.507 e. The highest BCUT2D eigenvalue weighted by Gasteiger charge is 2.16. The highest BCUT2D eigenvalue weighted by molar-refractivity contribution is 5.94. The third kappa shape index (κ3) is 4.54. The van der Waals surface area contributed by atoms with Crippen LogP contribution in [0.1, 0.15) is 25.7 Å². The molecule has 0 atom stereocenters. The van der Waals surface area contributed by atoms with Gasteiger partial charge in [-0.05, 0) is 64.0 Å². The van der Waals surface area contributed by atoms with Crippen molar-refractivity contribution in [3.8, 4) is 17.2 Å². The van der Waals surface area contributed by atoms with Gasteiger partial charge in [0.25, 0.3) is 0 Å². The van der Waals surface area contributed by atoms with Gasteiger partial charge in [-0.3, -0.25) is 14.6 Å². The fourth-order valence-electron chi connectivity index (χ4n) is 4.68. The molecule has 2 aliphatic rings. The minimum atomic E-state index is -0.258. The molecular weight excluding hydrogens is 408 g/mol. The molecule has 2 aromatic carbocycles. The number of ether oxygens (including phenoxy) is 2. The minimum Gasteiger partial charge on any atom is -0.507 e. The van der Waals surface area contributed by atoms with Gasteiger partial charge in [0.1, 0.15) is 47.0 Å². The number of fused-ring (bicyclic) bond motifs is 2. The SMILES string of the molecule is O=c1c2ccc(OCCN3CCCC3)cc2oc2cc(OCCN3CCCC3)cc(O)c12. The molecule has 5 rings (SSSR count). The van der Waals surface area contributed by atoms with Gasteiger partial charge in [0, 0.05) is 31.3 Å². The number of likely N-dealkylation sites (tertiary alicyclic amines) is 2. The van der Waals surface area contributed by atoms with Crippen molar-refractivity contribution in [2.45, 2.75) is 25.7 Å². The van der Waals surface area contributed by atoms with Crippen molar-refractivity contribution < 1.29 is 19.0 Å². The predicted octanol–water partition coefficient (Wildman–Crippen LogP) is 3.60. The van der Waals surface area contributed by atoms with E-state index in [4.69, 9.17) is 13.9 Å². The Hall–Kier alpha value is -2.77. The Labute approximate surface area is 187 Å². The molecule has 0 radical (unpaired) electrons. The average molecular weight is 439 g/mol. The van der Waals surface area contributed by atoms with Crippen molar-refractivity contribution in [1.82, 2.24) is 9.80 Å². The number of aromatic hydroxyl groups is 1. The summed E-state index contributed by atoms with van der Waals surface area (Å²) < 4.78 is 17.7. The second kappa shape index (κ2) is 9.38. The summed E-state index contributed by atoms with van der Waals surface area (Å²) in [6.07, 6.45) is 4.98. The van der Waals surface area contributed by atoms with E-state index < -0.39 is 0 Å². The molecule has 0 spiro atoms. The van der Waals surface area contributed by atoms with E-state index in [1.807, 2.05) is 0 Å². The monoisotopic (exact) mass is 438 g/mol. The van der Waals surface area contributed by atoms with Crippen molar-refractivity contribution in [3.63, 3.8) is 0 Å². The summed E-state index contributed by atoms with van der Waals surface area (Å²) in [6.45, 7) is 7.34. The fourth-order valence-corrected chi connectivity index (χ4v) is 4.68. The normalized spacial score (nSPS) is 17.5. The Morgan fingerprint density at radius 3 is 2.06 bits per heavy atom. The summed E-state index contributed by atoms with van der Waals surface area (Å²) in [6, 6.07) is 8.40. The molecule has 7 nitrogen and oxygen atoms in total. The molecule has 170 valence electrons. The Bertz CT molecular complexity index is 1150. The number of phenolic OH excluding ortho intramolecular Hbond substituents is 1. The van der Waals surface area contributed by atoms with Crippen LogP contribution in [0.25, 0.3) is 21.9 Å². The summed E-state index contributed by atoms with van der Waals surface area (Å²) >= 11 is 0. The fraction of sp³-hybridized carbons (Fsp3) is 0.480. The van der Waals surface area contributed by atoms with Crippen molar-refractivity contribution in [2.24, 2.45) is 0 Å². The van der Waals surface area contributed by atoms with Crippen LogP contribution in [0.3, 0.4) is 0 Å². The molecule has 2 aliphatic heterocycles. The van der Waals surface area contributed by atoms with Gasteiger partial charge in [-0.25, -0.2) is 0 Å². The van der Waals surface area contributed by atoms with Gasteiger partial charge >= 0.3 is 0 Å². The number of hydrogen-bond donors (Lipinski definition) is 1. The van der Waals surface area contributed by atoms with Crippen LogP contribution in [0.4, 0.5) is 0 Å². The average Bonchev–Trinajstić information content (AvgIpc) is 3.48. The molecule has 0 aliphatic carbocycles. The van der Waals surface area contributed by atoms with Gasteiger partial charge in [-0.2, -0.15) is 0 Å². The lowest BCUT2D eigenvalue weighted by Gasteiger charge is -2.15. The summed E-state index contributed by atoms with van der Waals surface area (Å²) in [5, 5.41) is 11.1. The van der Waals surface area contributed by atoms with E-state index in [9.17, 15) is 9.90 Å². The van der Waals surface area contributed by atoms with Gasteiger partial charge < -0.3 is 19.0 Å². The Kier molecular flexibility index (Phi) is 6.19. The zero-order chi connectivity index (χ0) is 21.9. The molecule has 7 heteroatoms. The first kappa shape index (κ1) is 21.1. The van der Waals surface area contributed by atoms with Crippen LogP contribution in [0, 0.1) is 0 Å².